The van der Waals surface area contributed by atoms with E-state index in [1.54, 1.807) is 6.20 Å². The minimum Gasteiger partial charge on any atom is -0.459 e. The summed E-state index contributed by atoms with van der Waals surface area (Å²) < 4.78 is 38.1. The van der Waals surface area contributed by atoms with Crippen LogP contribution in [0.4, 0.5) is 13.6 Å². The number of hydrogen-bond acceptors (Lipinski definition) is 5. The van der Waals surface area contributed by atoms with Crippen molar-refractivity contribution in [3.05, 3.63) is 53.4 Å². The quantitative estimate of drug-likeness (QED) is 0.427. The van der Waals surface area contributed by atoms with Crippen LogP contribution in [-0.4, -0.2) is 45.6 Å². The zero-order valence-electron chi connectivity index (χ0n) is 20.3. The van der Waals surface area contributed by atoms with E-state index in [1.165, 1.54) is 0 Å². The molecule has 35 heavy (non-hydrogen) atoms. The smallest absolute Gasteiger partial charge is 0.408 e. The molecule has 0 radical (unpaired) electrons. The van der Waals surface area contributed by atoms with E-state index in [-0.39, 0.29) is 32.5 Å². The molecule has 0 aliphatic carbocycles. The first kappa shape index (κ1) is 25.0. The molecule has 1 amide bonds. The number of aryl methyl sites for hydroxylation is 1. The van der Waals surface area contributed by atoms with E-state index in [0.717, 1.165) is 33.4 Å². The number of carbonyl (C=O) groups excluding carboxylic acids is 1. The largest absolute Gasteiger partial charge is 0.459 e. The third-order valence-electron chi connectivity index (χ3n) is 5.75. The van der Waals surface area contributed by atoms with Gasteiger partial charge >= 0.3 is 6.09 Å². The van der Waals surface area contributed by atoms with Crippen LogP contribution in [0.5, 0.6) is 0 Å². The monoisotopic (exact) mass is 501 g/mol. The Morgan fingerprint density at radius 3 is 2.57 bits per heavy atom. The molecule has 6 nitrogen and oxygen atoms in total. The van der Waals surface area contributed by atoms with E-state index >= 15 is 0 Å². The number of piperidine rings is 1. The summed E-state index contributed by atoms with van der Waals surface area (Å²) in [6.07, 6.45) is 0.821. The summed E-state index contributed by atoms with van der Waals surface area (Å²) in [7, 11) is 0. The van der Waals surface area contributed by atoms with Gasteiger partial charge in [0.15, 0.2) is 0 Å². The van der Waals surface area contributed by atoms with Crippen molar-refractivity contribution >= 4 is 34.3 Å². The van der Waals surface area contributed by atoms with E-state index < -0.39 is 17.6 Å². The Balaban J connectivity index is 1.47. The molecule has 9 heteroatoms. The van der Waals surface area contributed by atoms with Crippen LogP contribution in [0.2, 0.25) is 0 Å². The number of nitrogens with one attached hydrogen (secondary N) is 1. The molecule has 1 aliphatic heterocycles. The topological polar surface area (TPSA) is 67.6 Å². The van der Waals surface area contributed by atoms with Gasteiger partial charge < -0.3 is 19.4 Å². The lowest BCUT2D eigenvalue weighted by Gasteiger charge is -2.33. The highest BCUT2D eigenvalue weighted by Crippen LogP contribution is 2.31. The predicted molar refractivity (Wildman–Crippen MR) is 135 cm³/mol. The van der Waals surface area contributed by atoms with Gasteiger partial charge in [0, 0.05) is 48.6 Å². The molecule has 0 bridgehead atoms. The van der Waals surface area contributed by atoms with Gasteiger partial charge in [-0.2, -0.15) is 0 Å². The molecule has 4 rings (SSSR count). The Morgan fingerprint density at radius 1 is 1.23 bits per heavy atom. The third kappa shape index (κ3) is 6.14. The number of benzene rings is 1. The molecule has 0 spiro atoms. The van der Waals surface area contributed by atoms with Crippen LogP contribution in [0.3, 0.4) is 0 Å². The molecular formula is C26H29F2N3O3S. The third-order valence-corrected chi connectivity index (χ3v) is 6.24. The second-order valence-electron chi connectivity index (χ2n) is 9.86. The van der Waals surface area contributed by atoms with Crippen molar-refractivity contribution in [2.24, 2.45) is 0 Å². The lowest BCUT2D eigenvalue weighted by Crippen LogP contribution is -2.42. The van der Waals surface area contributed by atoms with Crippen molar-refractivity contribution in [1.29, 1.82) is 0 Å². The highest BCUT2D eigenvalue weighted by atomic mass is 32.1. The second kappa shape index (κ2) is 9.53. The van der Waals surface area contributed by atoms with Gasteiger partial charge in [-0.15, -0.1) is 0 Å². The summed E-state index contributed by atoms with van der Waals surface area (Å²) in [5, 5.41) is 3.61. The number of thiocarbonyl (C=S) groups is 1. The van der Waals surface area contributed by atoms with Gasteiger partial charge in [-0.3, -0.25) is 4.98 Å². The number of amides is 1. The van der Waals surface area contributed by atoms with Crippen LogP contribution in [0.25, 0.3) is 22.2 Å². The minimum absolute atomic E-state index is 0.183. The molecule has 1 aromatic carbocycles. The van der Waals surface area contributed by atoms with E-state index in [2.05, 4.69) is 10.3 Å². The molecule has 3 aromatic rings. The van der Waals surface area contributed by atoms with Crippen molar-refractivity contribution in [3.8, 4) is 11.3 Å². The zero-order valence-corrected chi connectivity index (χ0v) is 21.1. The molecule has 0 atom stereocenters. The number of pyridine rings is 1. The van der Waals surface area contributed by atoms with E-state index in [0.29, 0.717) is 10.7 Å². The summed E-state index contributed by atoms with van der Waals surface area (Å²) in [5.74, 6) is -1.99. The van der Waals surface area contributed by atoms with Crippen molar-refractivity contribution in [2.45, 2.75) is 58.6 Å². The number of rotatable bonds is 4. The fourth-order valence-corrected chi connectivity index (χ4v) is 4.30. The number of alkyl halides is 2. The number of aromatic nitrogens is 1. The van der Waals surface area contributed by atoms with E-state index in [4.69, 9.17) is 21.4 Å². The predicted octanol–water partition coefficient (Wildman–Crippen LogP) is 6.23. The van der Waals surface area contributed by atoms with Gasteiger partial charge in [-0.25, -0.2) is 13.6 Å². The second-order valence-corrected chi connectivity index (χ2v) is 10.2. The van der Waals surface area contributed by atoms with Crippen molar-refractivity contribution in [2.75, 3.05) is 13.1 Å². The van der Waals surface area contributed by atoms with Gasteiger partial charge in [-0.1, -0.05) is 12.2 Å². The van der Waals surface area contributed by atoms with Crippen LogP contribution >= 0.6 is 12.2 Å². The van der Waals surface area contributed by atoms with Crippen LogP contribution in [-0.2, 0) is 11.3 Å². The van der Waals surface area contributed by atoms with E-state index in [1.807, 2.05) is 62.9 Å². The highest BCUT2D eigenvalue weighted by Gasteiger charge is 2.34. The SMILES string of the molecule is Cc1cc(-c2ccc(C(=S)N3CCC(F)(F)CC3)cn2)cc2cc(CNC(=O)OC(C)(C)C)oc12. The average molecular weight is 502 g/mol. The Labute approximate surface area is 208 Å². The van der Waals surface area contributed by atoms with Gasteiger partial charge in [0.2, 0.25) is 0 Å². The molecule has 2 aromatic heterocycles. The summed E-state index contributed by atoms with van der Waals surface area (Å²) in [4.78, 5) is 18.9. The number of alkyl carbamates (subject to hydrolysis) is 1. The van der Waals surface area contributed by atoms with Crippen LogP contribution in [0, 0.1) is 6.92 Å². The normalized spacial score (nSPS) is 15.8. The molecule has 1 aliphatic rings. The Hall–Kier alpha value is -3.07. The highest BCUT2D eigenvalue weighted by molar-refractivity contribution is 7.80. The Morgan fingerprint density at radius 2 is 1.94 bits per heavy atom. The number of fused-ring (bicyclic) bond motifs is 1. The average Bonchev–Trinajstić information content (AvgIpc) is 3.20. The van der Waals surface area contributed by atoms with E-state index in [9.17, 15) is 13.6 Å². The van der Waals surface area contributed by atoms with Crippen LogP contribution in [0.1, 0.15) is 50.5 Å². The number of halogens is 2. The summed E-state index contributed by atoms with van der Waals surface area (Å²) in [6.45, 7) is 8.08. The van der Waals surface area contributed by atoms with Gasteiger partial charge in [0.05, 0.1) is 12.2 Å². The zero-order chi connectivity index (χ0) is 25.4. The maximum atomic E-state index is 13.5. The summed E-state index contributed by atoms with van der Waals surface area (Å²) in [6, 6.07) is 9.62. The lowest BCUT2D eigenvalue weighted by molar-refractivity contribution is -0.0430. The Kier molecular flexibility index (Phi) is 6.81. The van der Waals surface area contributed by atoms with Crippen LogP contribution < -0.4 is 5.32 Å². The molecule has 1 N–H and O–H groups in total. The van der Waals surface area contributed by atoms with Crippen molar-refractivity contribution in [1.82, 2.24) is 15.2 Å². The molecule has 1 saturated heterocycles. The van der Waals surface area contributed by atoms with Gasteiger partial charge in [0.25, 0.3) is 5.92 Å². The lowest BCUT2D eigenvalue weighted by atomic mass is 10.0. The number of ether oxygens (including phenoxy) is 1. The molecule has 1 fully saturated rings. The van der Waals surface area contributed by atoms with Crippen molar-refractivity contribution < 1.29 is 22.7 Å². The number of carbonyl (C=O) groups is 1. The number of hydrogen-bond donors (Lipinski definition) is 1. The first-order chi connectivity index (χ1) is 16.4. The molecular weight excluding hydrogens is 472 g/mol. The maximum absolute atomic E-state index is 13.5. The molecule has 0 unspecified atom stereocenters. The minimum atomic E-state index is -2.61. The number of likely N-dealkylation sites (tertiary alicyclic amines) is 1. The van der Waals surface area contributed by atoms with Gasteiger partial charge in [0.1, 0.15) is 21.9 Å². The standard InChI is InChI=1S/C26H29F2N3O3S/c1-16-11-18(12-19-13-20(33-22(16)19)15-30-24(32)34-25(2,3)4)21-6-5-17(14-29-21)23(35)31-9-7-26(27,28)8-10-31/h5-6,11-14H,7-10,15H2,1-4H3,(H,30,32). The summed E-state index contributed by atoms with van der Waals surface area (Å²) in [5.41, 5.74) is 3.54. The Bertz CT molecular complexity index is 1240. The fourth-order valence-electron chi connectivity index (χ4n) is 4.00. The first-order valence-corrected chi connectivity index (χ1v) is 11.9. The molecule has 0 saturated carbocycles. The van der Waals surface area contributed by atoms with Crippen LogP contribution in [0.15, 0.2) is 40.9 Å². The van der Waals surface area contributed by atoms with Gasteiger partial charge in [-0.05, 0) is 63.6 Å². The molecule has 3 heterocycles. The maximum Gasteiger partial charge on any atom is 0.408 e. The fraction of sp³-hybridized carbons (Fsp3) is 0.423. The molecule has 186 valence electrons. The first-order valence-electron chi connectivity index (χ1n) is 11.5. The number of furan rings is 1. The summed E-state index contributed by atoms with van der Waals surface area (Å²) >= 11 is 5.52. The number of nitrogens with zero attached hydrogens (tertiary/aromatic N) is 2. The van der Waals surface area contributed by atoms with Crippen molar-refractivity contribution in [3.63, 3.8) is 0 Å².